The lowest BCUT2D eigenvalue weighted by atomic mass is 9.88. The zero-order valence-electron chi connectivity index (χ0n) is 22.1. The molecule has 0 radical (unpaired) electrons. The fourth-order valence-electron chi connectivity index (χ4n) is 5.53. The van der Waals surface area contributed by atoms with Crippen LogP contribution in [0.3, 0.4) is 0 Å². The molecule has 0 spiro atoms. The van der Waals surface area contributed by atoms with Crippen LogP contribution in [0.25, 0.3) is 33.3 Å². The third kappa shape index (κ3) is 4.39. The van der Waals surface area contributed by atoms with Gasteiger partial charge >= 0.3 is 0 Å². The van der Waals surface area contributed by atoms with Crippen molar-refractivity contribution in [3.05, 3.63) is 89.7 Å². The second-order valence-corrected chi connectivity index (χ2v) is 10.9. The summed E-state index contributed by atoms with van der Waals surface area (Å²) in [6.07, 6.45) is 3.18. The van der Waals surface area contributed by atoms with Crippen molar-refractivity contribution in [2.75, 3.05) is 13.1 Å². The van der Waals surface area contributed by atoms with E-state index in [1.165, 1.54) is 5.56 Å². The van der Waals surface area contributed by atoms with Crippen molar-refractivity contribution < 1.29 is 14.3 Å². The summed E-state index contributed by atoms with van der Waals surface area (Å²) < 4.78 is 7.89. The number of imidazole rings is 1. The molecule has 0 saturated carbocycles. The molecule has 0 aliphatic carbocycles. The Morgan fingerprint density at radius 2 is 1.71 bits per heavy atom. The highest BCUT2D eigenvalue weighted by Crippen LogP contribution is 2.34. The van der Waals surface area contributed by atoms with Crippen LogP contribution in [-0.4, -0.2) is 38.6 Å². The SMILES string of the molecule is CC(C)c1ccc(-c2nc(C3(O)CCN(C(=O)Cc4ccc5oc6ccccc6c5c4)CC3)cn2C)cc1. The molecule has 6 heteroatoms. The first kappa shape index (κ1) is 24.4. The van der Waals surface area contributed by atoms with Crippen LogP contribution in [0.2, 0.25) is 0 Å². The maximum Gasteiger partial charge on any atom is 0.226 e. The van der Waals surface area contributed by atoms with Crippen LogP contribution in [0, 0.1) is 0 Å². The van der Waals surface area contributed by atoms with Gasteiger partial charge in [-0.1, -0.05) is 62.4 Å². The van der Waals surface area contributed by atoms with Crippen LogP contribution < -0.4 is 0 Å². The minimum Gasteiger partial charge on any atom is -0.456 e. The molecule has 38 heavy (non-hydrogen) atoms. The van der Waals surface area contributed by atoms with E-state index >= 15 is 0 Å². The van der Waals surface area contributed by atoms with Gasteiger partial charge in [-0.3, -0.25) is 4.79 Å². The Balaban J connectivity index is 1.14. The molecule has 194 valence electrons. The molecule has 1 saturated heterocycles. The first-order valence-corrected chi connectivity index (χ1v) is 13.4. The molecule has 6 nitrogen and oxygen atoms in total. The Bertz CT molecular complexity index is 1620. The summed E-state index contributed by atoms with van der Waals surface area (Å²) in [6, 6.07) is 22.4. The number of furan rings is 1. The predicted molar refractivity (Wildman–Crippen MR) is 150 cm³/mol. The summed E-state index contributed by atoms with van der Waals surface area (Å²) in [5.41, 5.74) is 4.60. The van der Waals surface area contributed by atoms with Gasteiger partial charge in [0.25, 0.3) is 0 Å². The zero-order valence-corrected chi connectivity index (χ0v) is 22.1. The molecule has 1 aliphatic heterocycles. The molecular weight excluding hydrogens is 474 g/mol. The van der Waals surface area contributed by atoms with Crippen LogP contribution >= 0.6 is 0 Å². The molecule has 3 aromatic carbocycles. The van der Waals surface area contributed by atoms with E-state index in [2.05, 4.69) is 44.2 Å². The highest BCUT2D eigenvalue weighted by molar-refractivity contribution is 6.05. The number of aliphatic hydroxyl groups is 1. The van der Waals surface area contributed by atoms with E-state index in [-0.39, 0.29) is 5.91 Å². The lowest BCUT2D eigenvalue weighted by molar-refractivity contribution is -0.135. The monoisotopic (exact) mass is 507 g/mol. The van der Waals surface area contributed by atoms with E-state index in [1.807, 2.05) is 59.1 Å². The Morgan fingerprint density at radius 1 is 1.00 bits per heavy atom. The molecular formula is C32H33N3O3. The standard InChI is InChI=1S/C32H33N3O3/c1-21(2)23-9-11-24(12-10-23)31-33-29(20-34(31)3)32(37)14-16-35(17-15-32)30(36)19-22-8-13-28-26(18-22)25-6-4-5-7-27(25)38-28/h4-13,18,20-21,37H,14-17,19H2,1-3H3. The number of nitrogens with zero attached hydrogens (tertiary/aromatic N) is 3. The van der Waals surface area contributed by atoms with E-state index in [9.17, 15) is 9.90 Å². The minimum atomic E-state index is -1.04. The van der Waals surface area contributed by atoms with Crippen molar-refractivity contribution >= 4 is 27.8 Å². The normalized spacial score (nSPS) is 15.6. The summed E-state index contributed by atoms with van der Waals surface area (Å²) in [5, 5.41) is 13.6. The average Bonchev–Trinajstić information content (AvgIpc) is 3.50. The topological polar surface area (TPSA) is 71.5 Å². The molecule has 0 bridgehead atoms. The van der Waals surface area contributed by atoms with Crippen molar-refractivity contribution in [1.29, 1.82) is 0 Å². The van der Waals surface area contributed by atoms with Crippen molar-refractivity contribution in [2.45, 2.75) is 44.6 Å². The number of para-hydroxylation sites is 1. The van der Waals surface area contributed by atoms with Crippen LogP contribution in [0.4, 0.5) is 0 Å². The van der Waals surface area contributed by atoms with Crippen LogP contribution in [0.15, 0.2) is 77.3 Å². The maximum atomic E-state index is 13.2. The first-order valence-electron chi connectivity index (χ1n) is 13.4. The fraction of sp³-hybridized carbons (Fsp3) is 0.312. The number of fused-ring (bicyclic) bond motifs is 3. The third-order valence-electron chi connectivity index (χ3n) is 7.93. The predicted octanol–water partition coefficient (Wildman–Crippen LogP) is 6.16. The van der Waals surface area contributed by atoms with Gasteiger partial charge in [-0.05, 0) is 48.1 Å². The van der Waals surface area contributed by atoms with Gasteiger partial charge in [0.15, 0.2) is 0 Å². The number of aromatic nitrogens is 2. The lowest BCUT2D eigenvalue weighted by Gasteiger charge is -2.37. The van der Waals surface area contributed by atoms with Crippen molar-refractivity contribution in [3.8, 4) is 11.4 Å². The van der Waals surface area contributed by atoms with E-state index in [0.29, 0.717) is 44.0 Å². The Kier molecular flexibility index (Phi) is 6.07. The Morgan fingerprint density at radius 3 is 2.45 bits per heavy atom. The summed E-state index contributed by atoms with van der Waals surface area (Å²) in [7, 11) is 1.96. The van der Waals surface area contributed by atoms with Gasteiger partial charge in [0.1, 0.15) is 22.6 Å². The van der Waals surface area contributed by atoms with E-state index in [1.54, 1.807) is 0 Å². The lowest BCUT2D eigenvalue weighted by Crippen LogP contribution is -2.45. The van der Waals surface area contributed by atoms with Gasteiger partial charge in [-0.15, -0.1) is 0 Å². The number of aryl methyl sites for hydroxylation is 1. The molecule has 6 rings (SSSR count). The number of rotatable bonds is 5. The molecule has 2 aromatic heterocycles. The summed E-state index contributed by atoms with van der Waals surface area (Å²) >= 11 is 0. The van der Waals surface area contributed by atoms with E-state index < -0.39 is 5.60 Å². The van der Waals surface area contributed by atoms with E-state index in [4.69, 9.17) is 9.40 Å². The molecule has 0 unspecified atom stereocenters. The number of carbonyl (C=O) groups excluding carboxylic acids is 1. The van der Waals surface area contributed by atoms with Crippen LogP contribution in [0.1, 0.15) is 49.4 Å². The second-order valence-electron chi connectivity index (χ2n) is 10.9. The molecule has 1 fully saturated rings. The number of hydrogen-bond donors (Lipinski definition) is 1. The summed E-state index contributed by atoms with van der Waals surface area (Å²) in [6.45, 7) is 5.36. The average molecular weight is 508 g/mol. The number of benzene rings is 3. The van der Waals surface area contributed by atoms with Gasteiger partial charge in [0, 0.05) is 42.7 Å². The highest BCUT2D eigenvalue weighted by Gasteiger charge is 2.37. The van der Waals surface area contributed by atoms with Crippen LogP contribution in [0.5, 0.6) is 0 Å². The van der Waals surface area contributed by atoms with Crippen molar-refractivity contribution in [3.63, 3.8) is 0 Å². The summed E-state index contributed by atoms with van der Waals surface area (Å²) in [5.74, 6) is 1.39. The minimum absolute atomic E-state index is 0.0751. The van der Waals surface area contributed by atoms with Crippen molar-refractivity contribution in [2.24, 2.45) is 7.05 Å². The van der Waals surface area contributed by atoms with E-state index in [0.717, 1.165) is 38.9 Å². The fourth-order valence-corrected chi connectivity index (χ4v) is 5.53. The maximum absolute atomic E-state index is 13.2. The number of amides is 1. The van der Waals surface area contributed by atoms with Crippen molar-refractivity contribution in [1.82, 2.24) is 14.5 Å². The number of likely N-dealkylation sites (tertiary alicyclic amines) is 1. The van der Waals surface area contributed by atoms with Gasteiger partial charge in [-0.25, -0.2) is 4.98 Å². The molecule has 1 aliphatic rings. The van der Waals surface area contributed by atoms with Gasteiger partial charge in [0.05, 0.1) is 12.1 Å². The number of carbonyl (C=O) groups is 1. The number of hydrogen-bond acceptors (Lipinski definition) is 4. The molecule has 1 amide bonds. The molecule has 3 heterocycles. The van der Waals surface area contributed by atoms with Crippen LogP contribution in [-0.2, 0) is 23.9 Å². The number of piperidine rings is 1. The summed E-state index contributed by atoms with van der Waals surface area (Å²) in [4.78, 5) is 19.9. The van der Waals surface area contributed by atoms with Gasteiger partial charge < -0.3 is 19.0 Å². The van der Waals surface area contributed by atoms with Gasteiger partial charge in [-0.2, -0.15) is 0 Å². The largest absolute Gasteiger partial charge is 0.456 e. The van der Waals surface area contributed by atoms with Gasteiger partial charge in [0.2, 0.25) is 5.91 Å². The second kappa shape index (κ2) is 9.44. The first-order chi connectivity index (χ1) is 18.3. The zero-order chi connectivity index (χ0) is 26.4. The third-order valence-corrected chi connectivity index (χ3v) is 7.93. The quantitative estimate of drug-likeness (QED) is 0.309. The highest BCUT2D eigenvalue weighted by atomic mass is 16.3. The smallest absolute Gasteiger partial charge is 0.226 e. The Labute approximate surface area is 222 Å². The molecule has 1 N–H and O–H groups in total. The molecule has 0 atom stereocenters. The molecule has 5 aromatic rings. The Hall–Kier alpha value is -3.90.